The zero-order valence-corrected chi connectivity index (χ0v) is 16.0. The molecule has 30 heavy (non-hydrogen) atoms. The molecule has 2 heterocycles. The van der Waals surface area contributed by atoms with Crippen molar-refractivity contribution in [2.75, 3.05) is 10.6 Å². The van der Waals surface area contributed by atoms with Gasteiger partial charge in [-0.25, -0.2) is 14.2 Å². The zero-order chi connectivity index (χ0) is 20.8. The van der Waals surface area contributed by atoms with Gasteiger partial charge in [0.15, 0.2) is 11.6 Å². The van der Waals surface area contributed by atoms with Crippen molar-refractivity contribution in [3.63, 3.8) is 0 Å². The van der Waals surface area contributed by atoms with Gasteiger partial charge in [0.05, 0.1) is 12.1 Å². The van der Waals surface area contributed by atoms with Gasteiger partial charge in [0, 0.05) is 23.7 Å². The van der Waals surface area contributed by atoms with Crippen molar-refractivity contribution in [1.82, 2.24) is 15.3 Å². The molecule has 0 radical (unpaired) electrons. The van der Waals surface area contributed by atoms with Crippen LogP contribution in [0.1, 0.15) is 18.4 Å². The third-order valence-corrected chi connectivity index (χ3v) is 6.24. The number of amides is 2. The number of hydrogen-bond acceptors (Lipinski definition) is 7. The number of nitrogens with zero attached hydrogens (tertiary/aromatic N) is 2. The number of nitrogens with one attached hydrogen (secondary N) is 3. The Hall–Kier alpha value is -3.43. The molecule has 0 spiro atoms. The summed E-state index contributed by atoms with van der Waals surface area (Å²) in [6, 6.07) is 6.58. The van der Waals surface area contributed by atoms with Crippen LogP contribution < -0.4 is 21.7 Å². The summed E-state index contributed by atoms with van der Waals surface area (Å²) >= 11 is 0. The lowest BCUT2D eigenvalue weighted by Gasteiger charge is -2.35. The molecule has 5 rings (SSSR count). The predicted molar refractivity (Wildman–Crippen MR) is 105 cm³/mol. The van der Waals surface area contributed by atoms with E-state index in [9.17, 15) is 14.0 Å². The normalized spacial score (nSPS) is 29.5. The lowest BCUT2D eigenvalue weighted by Crippen LogP contribution is -2.51. The summed E-state index contributed by atoms with van der Waals surface area (Å²) in [7, 11) is 0. The molecule has 156 valence electrons. The van der Waals surface area contributed by atoms with Crippen molar-refractivity contribution in [2.24, 2.45) is 23.5 Å². The van der Waals surface area contributed by atoms with Crippen molar-refractivity contribution < 1.29 is 18.7 Å². The van der Waals surface area contributed by atoms with Gasteiger partial charge in [0.25, 0.3) is 0 Å². The van der Waals surface area contributed by atoms with E-state index in [4.69, 9.17) is 10.5 Å². The predicted octanol–water partition coefficient (Wildman–Crippen LogP) is 1.89. The number of ether oxygens (including phenoxy) is 1. The molecule has 1 aromatic heterocycles. The van der Waals surface area contributed by atoms with E-state index in [1.54, 1.807) is 18.2 Å². The van der Waals surface area contributed by atoms with Gasteiger partial charge in [-0.05, 0) is 36.5 Å². The number of alkyl carbamates (subject to hydrolysis) is 1. The standard InChI is InChI=1S/C20H21FN6O3/c21-13-7-23-19-24-11-3-1-2-9(4-11)8-30-20(29)25-14-6-10-5-12(14)16(15(10)17(22)28)26-18(13)27-19/h1-4,7,10,12,14-16H,5-6,8H2,(H2,22,28)(H,25,29)(H2,23,24,26,27). The molecule has 5 unspecified atom stereocenters. The van der Waals surface area contributed by atoms with Crippen LogP contribution in [0.5, 0.6) is 0 Å². The third kappa shape index (κ3) is 3.27. The van der Waals surface area contributed by atoms with Crippen molar-refractivity contribution in [3.8, 4) is 0 Å². The van der Waals surface area contributed by atoms with Gasteiger partial charge in [-0.1, -0.05) is 12.1 Å². The van der Waals surface area contributed by atoms with Gasteiger partial charge in [0.1, 0.15) is 6.61 Å². The van der Waals surface area contributed by atoms with Crippen LogP contribution in [-0.4, -0.2) is 34.1 Å². The molecule has 5 atom stereocenters. The van der Waals surface area contributed by atoms with E-state index in [-0.39, 0.29) is 36.3 Å². The number of carbonyl (C=O) groups excluding carboxylic acids is 2. The first-order valence-electron chi connectivity index (χ1n) is 9.85. The SMILES string of the molecule is NC(=O)C1C2CC3NC(=O)OCc4cccc(c4)Nc4ncc(F)c(n4)NC1C3C2. The molecule has 10 heteroatoms. The second-order valence-electron chi connectivity index (χ2n) is 8.04. The molecule has 1 aromatic carbocycles. The number of aromatic nitrogens is 2. The Morgan fingerprint density at radius 2 is 2.13 bits per heavy atom. The van der Waals surface area contributed by atoms with Crippen molar-refractivity contribution >= 4 is 29.5 Å². The van der Waals surface area contributed by atoms with Crippen LogP contribution in [0.25, 0.3) is 0 Å². The summed E-state index contributed by atoms with van der Waals surface area (Å²) < 4.78 is 19.9. The highest BCUT2D eigenvalue weighted by Gasteiger charge is 2.55. The summed E-state index contributed by atoms with van der Waals surface area (Å²) in [6.45, 7) is 0.100. The van der Waals surface area contributed by atoms with Crippen LogP contribution in [0.15, 0.2) is 30.5 Å². The summed E-state index contributed by atoms with van der Waals surface area (Å²) in [5, 5.41) is 9.00. The van der Waals surface area contributed by atoms with E-state index in [2.05, 4.69) is 25.9 Å². The monoisotopic (exact) mass is 412 g/mol. The molecule has 0 saturated heterocycles. The first-order valence-corrected chi connectivity index (χ1v) is 9.85. The van der Waals surface area contributed by atoms with E-state index >= 15 is 0 Å². The minimum atomic E-state index is -0.631. The Morgan fingerprint density at radius 3 is 2.97 bits per heavy atom. The van der Waals surface area contributed by atoms with E-state index < -0.39 is 29.8 Å². The lowest BCUT2D eigenvalue weighted by molar-refractivity contribution is -0.123. The number of carbonyl (C=O) groups is 2. The van der Waals surface area contributed by atoms with Gasteiger partial charge in [-0.15, -0.1) is 0 Å². The maximum Gasteiger partial charge on any atom is 0.407 e. The Balaban J connectivity index is 1.53. The lowest BCUT2D eigenvalue weighted by atomic mass is 9.81. The molecule has 2 fully saturated rings. The average molecular weight is 412 g/mol. The fourth-order valence-corrected chi connectivity index (χ4v) is 5.03. The van der Waals surface area contributed by atoms with E-state index in [0.29, 0.717) is 18.5 Å². The van der Waals surface area contributed by atoms with Crippen molar-refractivity contribution in [1.29, 1.82) is 0 Å². The fourth-order valence-electron chi connectivity index (χ4n) is 5.03. The van der Waals surface area contributed by atoms with Crippen LogP contribution in [0.3, 0.4) is 0 Å². The van der Waals surface area contributed by atoms with Crippen LogP contribution >= 0.6 is 0 Å². The summed E-state index contributed by atoms with van der Waals surface area (Å²) in [5.41, 5.74) is 7.10. The second kappa shape index (κ2) is 7.12. The number of nitrogens with two attached hydrogens (primary N) is 1. The van der Waals surface area contributed by atoms with Crippen LogP contribution in [0, 0.1) is 23.6 Å². The summed E-state index contributed by atoms with van der Waals surface area (Å²) in [5.74, 6) is -1.45. The van der Waals surface area contributed by atoms with Crippen molar-refractivity contribution in [3.05, 3.63) is 41.8 Å². The average Bonchev–Trinajstić information content (AvgIpc) is 3.26. The highest BCUT2D eigenvalue weighted by molar-refractivity contribution is 5.79. The minimum Gasteiger partial charge on any atom is -0.445 e. The quantitative estimate of drug-likeness (QED) is 0.562. The van der Waals surface area contributed by atoms with E-state index in [1.165, 1.54) is 0 Å². The van der Waals surface area contributed by atoms with Gasteiger partial charge in [-0.3, -0.25) is 4.79 Å². The molecular formula is C20H21FN6O3. The Morgan fingerprint density at radius 1 is 1.27 bits per heavy atom. The number of hydrogen-bond donors (Lipinski definition) is 4. The molecule has 2 aliphatic carbocycles. The Labute approximate surface area is 171 Å². The highest BCUT2D eigenvalue weighted by Crippen LogP contribution is 2.49. The second-order valence-corrected chi connectivity index (χ2v) is 8.04. The first-order chi connectivity index (χ1) is 14.5. The number of halogens is 1. The number of cyclic esters (lactones) is 1. The smallest absolute Gasteiger partial charge is 0.407 e. The van der Waals surface area contributed by atoms with Crippen LogP contribution in [0.2, 0.25) is 0 Å². The van der Waals surface area contributed by atoms with Crippen LogP contribution in [0.4, 0.5) is 26.6 Å². The number of anilines is 3. The molecule has 1 aliphatic heterocycles. The maximum atomic E-state index is 14.5. The Kier molecular flexibility index (Phi) is 4.41. The van der Waals surface area contributed by atoms with Gasteiger partial charge >= 0.3 is 6.09 Å². The van der Waals surface area contributed by atoms with E-state index in [1.807, 2.05) is 6.07 Å². The number of primary amides is 1. The van der Waals surface area contributed by atoms with Gasteiger partial charge in [0.2, 0.25) is 11.9 Å². The largest absolute Gasteiger partial charge is 0.445 e. The van der Waals surface area contributed by atoms with Gasteiger partial charge in [-0.2, -0.15) is 4.98 Å². The molecule has 5 N–H and O–H groups in total. The number of fused-ring (bicyclic) bond motifs is 5. The molecule has 2 saturated carbocycles. The van der Waals surface area contributed by atoms with Crippen molar-refractivity contribution in [2.45, 2.75) is 31.5 Å². The van der Waals surface area contributed by atoms with Gasteiger partial charge < -0.3 is 26.4 Å². The molecule has 2 aromatic rings. The molecule has 2 amide bonds. The number of rotatable bonds is 1. The Bertz CT molecular complexity index is 1020. The molecule has 6 bridgehead atoms. The molecular weight excluding hydrogens is 391 g/mol. The fraction of sp³-hybridized carbons (Fsp3) is 0.400. The minimum absolute atomic E-state index is 0.00323. The van der Waals surface area contributed by atoms with E-state index in [0.717, 1.165) is 11.8 Å². The highest BCUT2D eigenvalue weighted by atomic mass is 19.1. The zero-order valence-electron chi connectivity index (χ0n) is 16.0. The first kappa shape index (κ1) is 18.6. The summed E-state index contributed by atoms with van der Waals surface area (Å²) in [4.78, 5) is 32.7. The molecule has 3 aliphatic rings. The maximum absolute atomic E-state index is 14.5. The summed E-state index contributed by atoms with van der Waals surface area (Å²) in [6.07, 6.45) is 1.88. The topological polar surface area (TPSA) is 131 Å². The number of benzene rings is 1. The van der Waals surface area contributed by atoms with Crippen LogP contribution in [-0.2, 0) is 16.1 Å². The molecule has 9 nitrogen and oxygen atoms in total. The third-order valence-electron chi connectivity index (χ3n) is 6.24.